The number of carbonyl (C=O) groups is 4. The molecular formula is C22H24F3N3O8S. The fourth-order valence-electron chi connectivity index (χ4n) is 3.19. The molecular weight excluding hydrogens is 523 g/mol. The second-order valence-electron chi connectivity index (χ2n) is 8.13. The van der Waals surface area contributed by atoms with Crippen molar-refractivity contribution in [3.63, 3.8) is 0 Å². The Balaban J connectivity index is 2.16. The number of ether oxygens (including phenoxy) is 1. The molecule has 0 heterocycles. The summed E-state index contributed by atoms with van der Waals surface area (Å²) in [6, 6.07) is 5.59. The van der Waals surface area contributed by atoms with E-state index in [1.165, 1.54) is 35.1 Å². The Hall–Kier alpha value is -3.88. The predicted octanol–water partition coefficient (Wildman–Crippen LogP) is 1.78. The summed E-state index contributed by atoms with van der Waals surface area (Å²) in [5.41, 5.74) is -5.88. The predicted molar refractivity (Wildman–Crippen MR) is 125 cm³/mol. The summed E-state index contributed by atoms with van der Waals surface area (Å²) in [6.45, 7) is 2.58. The van der Waals surface area contributed by atoms with E-state index in [2.05, 4.69) is 10.6 Å². The van der Waals surface area contributed by atoms with E-state index in [-0.39, 0.29) is 28.5 Å². The molecule has 2 amide bonds. The number of amides is 2. The number of carboxylic acids is 1. The van der Waals surface area contributed by atoms with E-state index >= 15 is 0 Å². The molecule has 202 valence electrons. The number of benzene rings is 2. The minimum absolute atomic E-state index is 0.0498. The molecule has 0 bridgehead atoms. The smallest absolute Gasteiger partial charge is 0.483 e. The SMILES string of the molecule is CC(C)C(NC(=O)COc1cccc2c(NS(=O)(=O)C(F)(F)F)cccc12)C(=O)NC(C=O)CC(=O)O. The van der Waals surface area contributed by atoms with Crippen LogP contribution < -0.4 is 20.1 Å². The van der Waals surface area contributed by atoms with Crippen LogP contribution in [0.3, 0.4) is 0 Å². The van der Waals surface area contributed by atoms with E-state index in [9.17, 15) is 40.8 Å². The maximum absolute atomic E-state index is 12.8. The quantitative estimate of drug-likeness (QED) is 0.292. The number of aliphatic carboxylic acids is 1. The summed E-state index contributed by atoms with van der Waals surface area (Å²) < 4.78 is 68.3. The topological polar surface area (TPSA) is 168 Å². The minimum atomic E-state index is -5.68. The number of hydrogen-bond donors (Lipinski definition) is 4. The van der Waals surface area contributed by atoms with Crippen molar-refractivity contribution < 1.29 is 50.6 Å². The van der Waals surface area contributed by atoms with E-state index in [0.717, 1.165) is 6.07 Å². The van der Waals surface area contributed by atoms with Gasteiger partial charge in [0.1, 0.15) is 18.1 Å². The van der Waals surface area contributed by atoms with Gasteiger partial charge in [0.25, 0.3) is 5.91 Å². The number of fused-ring (bicyclic) bond motifs is 1. The van der Waals surface area contributed by atoms with Crippen molar-refractivity contribution in [2.75, 3.05) is 11.3 Å². The number of carboxylic acid groups (broad SMARTS) is 1. The van der Waals surface area contributed by atoms with Crippen LogP contribution in [0.4, 0.5) is 18.9 Å². The highest BCUT2D eigenvalue weighted by molar-refractivity contribution is 7.93. The fourth-order valence-corrected chi connectivity index (χ4v) is 3.77. The molecule has 2 rings (SSSR count). The number of alkyl halides is 3. The average molecular weight is 548 g/mol. The van der Waals surface area contributed by atoms with E-state index in [1.807, 2.05) is 0 Å². The van der Waals surface area contributed by atoms with Gasteiger partial charge in [-0.25, -0.2) is 0 Å². The van der Waals surface area contributed by atoms with Gasteiger partial charge in [0, 0.05) is 10.8 Å². The zero-order valence-electron chi connectivity index (χ0n) is 19.5. The first-order valence-electron chi connectivity index (χ1n) is 10.7. The van der Waals surface area contributed by atoms with Gasteiger partial charge in [0.05, 0.1) is 18.2 Å². The van der Waals surface area contributed by atoms with Crippen molar-refractivity contribution in [3.8, 4) is 5.75 Å². The number of aldehydes is 1. The third-order valence-electron chi connectivity index (χ3n) is 4.94. The lowest BCUT2D eigenvalue weighted by Gasteiger charge is -2.23. The van der Waals surface area contributed by atoms with Crippen LogP contribution in [0.1, 0.15) is 20.3 Å². The van der Waals surface area contributed by atoms with Crippen LogP contribution in [0, 0.1) is 5.92 Å². The lowest BCUT2D eigenvalue weighted by atomic mass is 10.0. The molecule has 0 aliphatic rings. The molecule has 11 nitrogen and oxygen atoms in total. The lowest BCUT2D eigenvalue weighted by Crippen LogP contribution is -2.53. The van der Waals surface area contributed by atoms with Gasteiger partial charge in [-0.05, 0) is 18.1 Å². The molecule has 2 aromatic rings. The maximum atomic E-state index is 12.8. The van der Waals surface area contributed by atoms with Crippen LogP contribution >= 0.6 is 0 Å². The normalized spacial score (nSPS) is 13.5. The summed E-state index contributed by atoms with van der Waals surface area (Å²) in [6.07, 6.45) is -0.378. The van der Waals surface area contributed by atoms with Crippen molar-refractivity contribution in [1.82, 2.24) is 10.6 Å². The summed E-state index contributed by atoms with van der Waals surface area (Å²) >= 11 is 0. The molecule has 4 N–H and O–H groups in total. The largest absolute Gasteiger partial charge is 0.516 e. The van der Waals surface area contributed by atoms with E-state index in [1.54, 1.807) is 13.8 Å². The van der Waals surface area contributed by atoms with Gasteiger partial charge in [0.2, 0.25) is 5.91 Å². The first-order chi connectivity index (χ1) is 17.2. The number of sulfonamides is 1. The molecule has 37 heavy (non-hydrogen) atoms. The molecule has 0 spiro atoms. The van der Waals surface area contributed by atoms with Gasteiger partial charge in [0.15, 0.2) is 6.61 Å². The molecule has 0 aliphatic heterocycles. The van der Waals surface area contributed by atoms with E-state index < -0.39 is 64.3 Å². The Labute approximate surface area is 209 Å². The lowest BCUT2D eigenvalue weighted by molar-refractivity contribution is -0.139. The second-order valence-corrected chi connectivity index (χ2v) is 9.81. The van der Waals surface area contributed by atoms with Gasteiger partial charge in [-0.3, -0.25) is 19.1 Å². The van der Waals surface area contributed by atoms with Crippen LogP contribution in [-0.4, -0.2) is 61.8 Å². The number of hydrogen-bond acceptors (Lipinski definition) is 7. The zero-order valence-corrected chi connectivity index (χ0v) is 20.4. The standard InChI is InChI=1S/C22H24F3N3O8S/c1-12(2)20(21(33)26-13(10-29)9-19(31)32)27-18(30)11-36-17-8-4-5-14-15(17)6-3-7-16(14)28-37(34,35)22(23,24)25/h3-8,10,12-13,20,28H,9,11H2,1-2H3,(H,26,33)(H,27,30)(H,31,32). The summed E-state index contributed by atoms with van der Waals surface area (Å²) in [4.78, 5) is 46.8. The third kappa shape index (κ3) is 7.80. The highest BCUT2D eigenvalue weighted by atomic mass is 32.2. The van der Waals surface area contributed by atoms with Crippen LogP contribution in [0.15, 0.2) is 36.4 Å². The Morgan fingerprint density at radius 3 is 2.24 bits per heavy atom. The highest BCUT2D eigenvalue weighted by Gasteiger charge is 2.46. The van der Waals surface area contributed by atoms with E-state index in [0.29, 0.717) is 0 Å². The summed E-state index contributed by atoms with van der Waals surface area (Å²) in [5, 5.41) is 13.7. The first-order valence-corrected chi connectivity index (χ1v) is 12.1. The molecule has 0 aromatic heterocycles. The van der Waals surface area contributed by atoms with Crippen molar-refractivity contribution in [2.24, 2.45) is 5.92 Å². The minimum Gasteiger partial charge on any atom is -0.483 e. The van der Waals surface area contributed by atoms with Gasteiger partial charge >= 0.3 is 21.5 Å². The van der Waals surface area contributed by atoms with Crippen molar-refractivity contribution in [3.05, 3.63) is 36.4 Å². The summed E-state index contributed by atoms with van der Waals surface area (Å²) in [7, 11) is -5.68. The zero-order chi connectivity index (χ0) is 28.0. The molecule has 15 heteroatoms. The molecule has 2 unspecified atom stereocenters. The van der Waals surface area contributed by atoms with E-state index in [4.69, 9.17) is 9.84 Å². The number of carbonyl (C=O) groups excluding carboxylic acids is 3. The molecule has 0 saturated heterocycles. The Morgan fingerprint density at radius 2 is 1.68 bits per heavy atom. The molecule has 2 atom stereocenters. The second kappa shape index (κ2) is 11.9. The Morgan fingerprint density at radius 1 is 1.05 bits per heavy atom. The van der Waals surface area contributed by atoms with Crippen molar-refractivity contribution >= 4 is 50.6 Å². The van der Waals surface area contributed by atoms with Crippen LogP contribution in [0.25, 0.3) is 10.8 Å². The summed E-state index contributed by atoms with van der Waals surface area (Å²) in [5.74, 6) is -3.26. The van der Waals surface area contributed by atoms with Crippen LogP contribution in [0.2, 0.25) is 0 Å². The number of anilines is 1. The third-order valence-corrected chi connectivity index (χ3v) is 6.04. The average Bonchev–Trinajstić information content (AvgIpc) is 2.79. The highest BCUT2D eigenvalue weighted by Crippen LogP contribution is 2.33. The first kappa shape index (κ1) is 29.4. The fraction of sp³-hybridized carbons (Fsp3) is 0.364. The Bertz CT molecular complexity index is 1280. The van der Waals surface area contributed by atoms with Crippen LogP contribution in [-0.2, 0) is 29.2 Å². The van der Waals surface area contributed by atoms with Crippen LogP contribution in [0.5, 0.6) is 5.75 Å². The van der Waals surface area contributed by atoms with Gasteiger partial charge in [-0.1, -0.05) is 38.1 Å². The number of rotatable bonds is 12. The number of nitrogens with one attached hydrogen (secondary N) is 3. The van der Waals surface area contributed by atoms with Gasteiger partial charge < -0.3 is 25.3 Å². The van der Waals surface area contributed by atoms with Crippen molar-refractivity contribution in [2.45, 2.75) is 37.9 Å². The maximum Gasteiger partial charge on any atom is 0.516 e. The molecule has 0 saturated carbocycles. The Kier molecular flexibility index (Phi) is 9.44. The molecule has 0 radical (unpaired) electrons. The molecule has 2 aromatic carbocycles. The molecule has 0 fully saturated rings. The molecule has 0 aliphatic carbocycles. The van der Waals surface area contributed by atoms with Gasteiger partial charge in [-0.15, -0.1) is 0 Å². The van der Waals surface area contributed by atoms with Gasteiger partial charge in [-0.2, -0.15) is 21.6 Å². The number of halogens is 3. The van der Waals surface area contributed by atoms with Crippen molar-refractivity contribution in [1.29, 1.82) is 0 Å². The monoisotopic (exact) mass is 547 g/mol.